The van der Waals surface area contributed by atoms with Gasteiger partial charge in [-0.25, -0.2) is 4.98 Å². The van der Waals surface area contributed by atoms with Crippen LogP contribution in [0.5, 0.6) is 0 Å². The Bertz CT molecular complexity index is 366. The largest absolute Gasteiger partial charge is 0.336 e. The van der Waals surface area contributed by atoms with Crippen molar-refractivity contribution in [1.29, 1.82) is 0 Å². The number of nitrogens with two attached hydrogens (primary N) is 1. The molecule has 0 spiro atoms. The number of amides is 1. The van der Waals surface area contributed by atoms with E-state index in [1.807, 2.05) is 11.8 Å². The average Bonchev–Trinajstić information content (AvgIpc) is 2.74. The molecule has 1 fully saturated rings. The number of carbonyl (C=O) groups excluding carboxylic acids is 1. The van der Waals surface area contributed by atoms with Gasteiger partial charge in [0.15, 0.2) is 0 Å². The lowest BCUT2D eigenvalue weighted by Gasteiger charge is -2.14. The topological polar surface area (TPSA) is 59.2 Å². The summed E-state index contributed by atoms with van der Waals surface area (Å²) in [6, 6.07) is 0.113. The Hall–Kier alpha value is -0.940. The van der Waals surface area contributed by atoms with Gasteiger partial charge in [-0.15, -0.1) is 11.3 Å². The first-order valence-electron chi connectivity index (χ1n) is 5.04. The van der Waals surface area contributed by atoms with Crippen molar-refractivity contribution in [3.05, 3.63) is 16.1 Å². The molecule has 2 rings (SSSR count). The fraction of sp³-hybridized carbons (Fsp3) is 0.600. The maximum atomic E-state index is 12.1. The van der Waals surface area contributed by atoms with Gasteiger partial charge in [-0.1, -0.05) is 6.92 Å². The van der Waals surface area contributed by atoms with Crippen LogP contribution in [0.4, 0.5) is 0 Å². The highest BCUT2D eigenvalue weighted by Crippen LogP contribution is 2.20. The second-order valence-electron chi connectivity index (χ2n) is 4.12. The third kappa shape index (κ3) is 1.89. The summed E-state index contributed by atoms with van der Waals surface area (Å²) in [6.07, 6.45) is 0. The first-order valence-corrected chi connectivity index (χ1v) is 5.92. The molecule has 0 saturated carbocycles. The number of carbonyl (C=O) groups is 1. The van der Waals surface area contributed by atoms with E-state index >= 15 is 0 Å². The fourth-order valence-electron chi connectivity index (χ4n) is 1.81. The molecule has 0 radical (unpaired) electrons. The summed E-state index contributed by atoms with van der Waals surface area (Å²) in [5.41, 5.74) is 8.42. The molecule has 2 unspecified atom stereocenters. The van der Waals surface area contributed by atoms with Gasteiger partial charge in [0.05, 0.1) is 11.2 Å². The second-order valence-corrected chi connectivity index (χ2v) is 4.97. The normalized spacial score (nSPS) is 25.9. The van der Waals surface area contributed by atoms with Crippen LogP contribution in [0.15, 0.2) is 5.51 Å². The molecule has 0 bridgehead atoms. The van der Waals surface area contributed by atoms with E-state index in [1.54, 1.807) is 5.51 Å². The first kappa shape index (κ1) is 10.6. The minimum absolute atomic E-state index is 0.0785. The van der Waals surface area contributed by atoms with Gasteiger partial charge in [0.25, 0.3) is 5.91 Å². The Morgan fingerprint density at radius 2 is 2.40 bits per heavy atom. The molecule has 2 atom stereocenters. The highest BCUT2D eigenvalue weighted by Gasteiger charge is 2.31. The smallest absolute Gasteiger partial charge is 0.265 e. The third-order valence-corrected chi connectivity index (χ3v) is 3.81. The van der Waals surface area contributed by atoms with Crippen LogP contribution in [0.25, 0.3) is 0 Å². The van der Waals surface area contributed by atoms with E-state index < -0.39 is 0 Å². The van der Waals surface area contributed by atoms with Gasteiger partial charge < -0.3 is 10.6 Å². The van der Waals surface area contributed by atoms with Crippen LogP contribution >= 0.6 is 11.3 Å². The summed E-state index contributed by atoms with van der Waals surface area (Å²) in [5, 5.41) is 0. The molecular formula is C10H15N3OS. The van der Waals surface area contributed by atoms with Crippen molar-refractivity contribution in [3.8, 4) is 0 Å². The number of thiazole rings is 1. The molecule has 1 aromatic heterocycles. The number of hydrogen-bond donors (Lipinski definition) is 1. The van der Waals surface area contributed by atoms with E-state index in [1.165, 1.54) is 11.3 Å². The molecular weight excluding hydrogens is 210 g/mol. The van der Waals surface area contributed by atoms with E-state index in [9.17, 15) is 4.79 Å². The molecule has 2 N–H and O–H groups in total. The zero-order valence-electron chi connectivity index (χ0n) is 8.93. The molecule has 1 amide bonds. The highest BCUT2D eigenvalue weighted by molar-refractivity contribution is 7.11. The van der Waals surface area contributed by atoms with Crippen LogP contribution in [0.1, 0.15) is 22.3 Å². The lowest BCUT2D eigenvalue weighted by Crippen LogP contribution is -2.32. The molecule has 4 nitrogen and oxygen atoms in total. The number of aryl methyl sites for hydroxylation is 1. The Balaban J connectivity index is 2.13. The Morgan fingerprint density at radius 3 is 2.87 bits per heavy atom. The van der Waals surface area contributed by atoms with Crippen molar-refractivity contribution >= 4 is 17.2 Å². The zero-order valence-corrected chi connectivity index (χ0v) is 9.75. The summed E-state index contributed by atoms with van der Waals surface area (Å²) >= 11 is 1.40. The van der Waals surface area contributed by atoms with Crippen LogP contribution in [0.3, 0.4) is 0 Å². The van der Waals surface area contributed by atoms with Crippen molar-refractivity contribution in [2.24, 2.45) is 11.7 Å². The molecule has 1 saturated heterocycles. The number of rotatable bonds is 1. The minimum Gasteiger partial charge on any atom is -0.336 e. The van der Waals surface area contributed by atoms with Gasteiger partial charge >= 0.3 is 0 Å². The number of hydrogen-bond acceptors (Lipinski definition) is 4. The van der Waals surface area contributed by atoms with Crippen molar-refractivity contribution in [2.45, 2.75) is 19.9 Å². The molecule has 1 aliphatic rings. The Labute approximate surface area is 93.1 Å². The molecule has 15 heavy (non-hydrogen) atoms. The fourth-order valence-corrected chi connectivity index (χ4v) is 2.58. The van der Waals surface area contributed by atoms with Crippen LogP contribution in [-0.2, 0) is 0 Å². The molecule has 2 heterocycles. The maximum absolute atomic E-state index is 12.1. The molecule has 1 aliphatic heterocycles. The summed E-state index contributed by atoms with van der Waals surface area (Å²) in [4.78, 5) is 18.7. The van der Waals surface area contributed by atoms with E-state index in [-0.39, 0.29) is 11.9 Å². The van der Waals surface area contributed by atoms with Gasteiger partial charge in [-0.05, 0) is 12.8 Å². The maximum Gasteiger partial charge on any atom is 0.265 e. The standard InChI is InChI=1S/C10H15N3OS/c1-6-3-13(4-8(6)11)10(14)9-7(2)12-5-15-9/h5-6,8H,3-4,11H2,1-2H3. The summed E-state index contributed by atoms with van der Waals surface area (Å²) in [6.45, 7) is 5.37. The van der Waals surface area contributed by atoms with Gasteiger partial charge in [0.2, 0.25) is 0 Å². The molecule has 0 aliphatic carbocycles. The van der Waals surface area contributed by atoms with Gasteiger partial charge in [0.1, 0.15) is 4.88 Å². The summed E-state index contributed by atoms with van der Waals surface area (Å²) in [7, 11) is 0. The predicted octanol–water partition coefficient (Wildman–Crippen LogP) is 0.871. The van der Waals surface area contributed by atoms with E-state index in [0.717, 1.165) is 17.1 Å². The third-order valence-electron chi connectivity index (χ3n) is 2.90. The van der Waals surface area contributed by atoms with Gasteiger partial charge in [-0.2, -0.15) is 0 Å². The van der Waals surface area contributed by atoms with Gasteiger partial charge in [-0.3, -0.25) is 4.79 Å². The quantitative estimate of drug-likeness (QED) is 0.771. The van der Waals surface area contributed by atoms with E-state index in [0.29, 0.717) is 12.5 Å². The summed E-state index contributed by atoms with van der Waals surface area (Å²) in [5.74, 6) is 0.469. The van der Waals surface area contributed by atoms with Crippen molar-refractivity contribution in [1.82, 2.24) is 9.88 Å². The van der Waals surface area contributed by atoms with Crippen LogP contribution in [0, 0.1) is 12.8 Å². The Kier molecular flexibility index (Phi) is 2.75. The highest BCUT2D eigenvalue weighted by atomic mass is 32.1. The second kappa shape index (κ2) is 3.90. The van der Waals surface area contributed by atoms with Gasteiger partial charge in [0, 0.05) is 19.1 Å². The predicted molar refractivity (Wildman–Crippen MR) is 59.9 cm³/mol. The number of likely N-dealkylation sites (tertiary alicyclic amines) is 1. The molecule has 5 heteroatoms. The van der Waals surface area contributed by atoms with Crippen molar-refractivity contribution in [2.75, 3.05) is 13.1 Å². The van der Waals surface area contributed by atoms with Crippen LogP contribution in [0.2, 0.25) is 0 Å². The van der Waals surface area contributed by atoms with Crippen molar-refractivity contribution < 1.29 is 4.79 Å². The Morgan fingerprint density at radius 1 is 1.67 bits per heavy atom. The first-order chi connectivity index (χ1) is 7.09. The molecule has 1 aromatic rings. The van der Waals surface area contributed by atoms with E-state index in [4.69, 9.17) is 5.73 Å². The summed E-state index contributed by atoms with van der Waals surface area (Å²) < 4.78 is 0. The monoisotopic (exact) mass is 225 g/mol. The SMILES string of the molecule is Cc1ncsc1C(=O)N1CC(C)C(N)C1. The molecule has 0 aromatic carbocycles. The number of aromatic nitrogens is 1. The lowest BCUT2D eigenvalue weighted by atomic mass is 10.1. The lowest BCUT2D eigenvalue weighted by molar-refractivity contribution is 0.0790. The van der Waals surface area contributed by atoms with E-state index in [2.05, 4.69) is 11.9 Å². The van der Waals surface area contributed by atoms with Crippen LogP contribution < -0.4 is 5.73 Å². The zero-order chi connectivity index (χ0) is 11.0. The number of nitrogens with zero attached hydrogens (tertiary/aromatic N) is 2. The van der Waals surface area contributed by atoms with Crippen LogP contribution in [-0.4, -0.2) is 34.9 Å². The molecule has 82 valence electrons. The average molecular weight is 225 g/mol. The van der Waals surface area contributed by atoms with Crippen molar-refractivity contribution in [3.63, 3.8) is 0 Å². The minimum atomic E-state index is 0.0785.